The maximum absolute atomic E-state index is 5.28. The molecule has 0 aliphatic heterocycles. The van der Waals surface area contributed by atoms with Gasteiger partial charge in [0.1, 0.15) is 5.75 Å². The lowest BCUT2D eigenvalue weighted by Crippen LogP contribution is -2.09. The molecule has 0 amide bonds. The molecule has 3 aromatic carbocycles. The minimum atomic E-state index is 0.857. The molecule has 0 radical (unpaired) electrons. The van der Waals surface area contributed by atoms with E-state index >= 15 is 0 Å². The number of nitrogens with zero attached hydrogens (tertiary/aromatic N) is 1. The maximum Gasteiger partial charge on any atom is 0.119 e. The Kier molecular flexibility index (Phi) is 4.97. The average Bonchev–Trinajstić information content (AvgIpc) is 2.65. The number of rotatable bonds is 5. The summed E-state index contributed by atoms with van der Waals surface area (Å²) in [6, 6.07) is 27.1. The average molecular weight is 315 g/mol. The Morgan fingerprint density at radius 3 is 1.79 bits per heavy atom. The lowest BCUT2D eigenvalue weighted by atomic mass is 10.1. The Balaban J connectivity index is 2.04. The van der Waals surface area contributed by atoms with E-state index in [-0.39, 0.29) is 0 Å². The highest BCUT2D eigenvalue weighted by molar-refractivity contribution is 5.77. The molecule has 0 bridgehead atoms. The van der Waals surface area contributed by atoms with Gasteiger partial charge in [0.05, 0.1) is 7.11 Å². The molecular formula is C22H21NO. The maximum atomic E-state index is 5.28. The first-order valence-electron chi connectivity index (χ1n) is 8.04. The van der Waals surface area contributed by atoms with Crippen molar-refractivity contribution in [2.45, 2.75) is 6.92 Å². The fourth-order valence-corrected chi connectivity index (χ4v) is 2.68. The summed E-state index contributed by atoms with van der Waals surface area (Å²) in [5.41, 5.74) is 4.55. The third-order valence-corrected chi connectivity index (χ3v) is 3.86. The van der Waals surface area contributed by atoms with Crippen molar-refractivity contribution in [3.63, 3.8) is 0 Å². The Morgan fingerprint density at radius 1 is 0.708 bits per heavy atom. The lowest BCUT2D eigenvalue weighted by Gasteiger charge is -2.25. The second-order valence-electron chi connectivity index (χ2n) is 5.46. The van der Waals surface area contributed by atoms with Gasteiger partial charge in [0.25, 0.3) is 0 Å². The van der Waals surface area contributed by atoms with E-state index in [0.29, 0.717) is 0 Å². The molecule has 0 spiro atoms. The number of benzene rings is 3. The molecule has 24 heavy (non-hydrogen) atoms. The van der Waals surface area contributed by atoms with Crippen LogP contribution < -0.4 is 9.64 Å². The molecule has 3 rings (SSSR count). The van der Waals surface area contributed by atoms with Crippen molar-refractivity contribution in [2.24, 2.45) is 0 Å². The Hall–Kier alpha value is -3.00. The van der Waals surface area contributed by atoms with Gasteiger partial charge < -0.3 is 9.64 Å². The fourth-order valence-electron chi connectivity index (χ4n) is 2.68. The third kappa shape index (κ3) is 3.49. The normalized spacial score (nSPS) is 10.8. The van der Waals surface area contributed by atoms with E-state index in [9.17, 15) is 0 Å². The number of methoxy groups -OCH3 is 1. The van der Waals surface area contributed by atoms with Crippen molar-refractivity contribution in [1.82, 2.24) is 0 Å². The van der Waals surface area contributed by atoms with Crippen LogP contribution in [0.15, 0.2) is 84.9 Å². The zero-order valence-corrected chi connectivity index (χ0v) is 14.0. The third-order valence-electron chi connectivity index (χ3n) is 3.86. The van der Waals surface area contributed by atoms with E-state index < -0.39 is 0 Å². The van der Waals surface area contributed by atoms with Crippen LogP contribution in [0, 0.1) is 0 Å². The van der Waals surface area contributed by atoms with Gasteiger partial charge in [0, 0.05) is 17.1 Å². The first kappa shape index (κ1) is 15.9. The van der Waals surface area contributed by atoms with E-state index in [1.165, 1.54) is 5.56 Å². The summed E-state index contributed by atoms with van der Waals surface area (Å²) in [6.07, 6.45) is 4.15. The fraction of sp³-hybridized carbons (Fsp3) is 0.0909. The number of para-hydroxylation sites is 1. The second kappa shape index (κ2) is 7.51. The van der Waals surface area contributed by atoms with Crippen molar-refractivity contribution < 1.29 is 4.74 Å². The first-order valence-corrected chi connectivity index (χ1v) is 8.04. The first-order chi connectivity index (χ1) is 11.8. The van der Waals surface area contributed by atoms with E-state index in [1.807, 2.05) is 31.2 Å². The van der Waals surface area contributed by atoms with Crippen molar-refractivity contribution in [3.05, 3.63) is 90.5 Å². The number of anilines is 3. The standard InChI is InChI=1S/C22H21NO/c1-3-7-18-10-12-20(13-11-18)23(19-8-5-4-6-9-19)21-14-16-22(24-2)17-15-21/h3-17H,1-2H3/b7-3+. The molecule has 3 aromatic rings. The summed E-state index contributed by atoms with van der Waals surface area (Å²) < 4.78 is 5.28. The quantitative estimate of drug-likeness (QED) is 0.556. The van der Waals surface area contributed by atoms with Crippen LogP contribution >= 0.6 is 0 Å². The summed E-state index contributed by atoms with van der Waals surface area (Å²) in [7, 11) is 1.68. The van der Waals surface area contributed by atoms with Crippen LogP contribution in [0.25, 0.3) is 6.08 Å². The van der Waals surface area contributed by atoms with Crippen molar-refractivity contribution >= 4 is 23.1 Å². The molecular weight excluding hydrogens is 294 g/mol. The highest BCUT2D eigenvalue weighted by Crippen LogP contribution is 2.35. The van der Waals surface area contributed by atoms with Crippen LogP contribution in [0.1, 0.15) is 12.5 Å². The van der Waals surface area contributed by atoms with Crippen molar-refractivity contribution in [1.29, 1.82) is 0 Å². The molecule has 0 N–H and O–H groups in total. The molecule has 2 heteroatoms. The van der Waals surface area contributed by atoms with Gasteiger partial charge in [-0.15, -0.1) is 0 Å². The Labute approximate surface area is 143 Å². The van der Waals surface area contributed by atoms with E-state index in [1.54, 1.807) is 7.11 Å². The Morgan fingerprint density at radius 2 is 1.25 bits per heavy atom. The predicted octanol–water partition coefficient (Wildman–Crippen LogP) is 6.20. The predicted molar refractivity (Wildman–Crippen MR) is 102 cm³/mol. The molecule has 0 aromatic heterocycles. The lowest BCUT2D eigenvalue weighted by molar-refractivity contribution is 0.415. The van der Waals surface area contributed by atoms with Crippen LogP contribution in [0.3, 0.4) is 0 Å². The van der Waals surface area contributed by atoms with Gasteiger partial charge in [-0.05, 0) is 61.0 Å². The van der Waals surface area contributed by atoms with Gasteiger partial charge >= 0.3 is 0 Å². The van der Waals surface area contributed by atoms with Gasteiger partial charge in [0.15, 0.2) is 0 Å². The molecule has 2 nitrogen and oxygen atoms in total. The molecule has 0 aliphatic carbocycles. The highest BCUT2D eigenvalue weighted by Gasteiger charge is 2.11. The number of allylic oxidation sites excluding steroid dienone is 1. The minimum absolute atomic E-state index is 0.857. The van der Waals surface area contributed by atoms with Crippen LogP contribution in [0.2, 0.25) is 0 Å². The number of hydrogen-bond donors (Lipinski definition) is 0. The summed E-state index contributed by atoms with van der Waals surface area (Å²) in [6.45, 7) is 2.03. The molecule has 0 atom stereocenters. The van der Waals surface area contributed by atoms with E-state index in [0.717, 1.165) is 22.8 Å². The zero-order valence-electron chi connectivity index (χ0n) is 14.0. The zero-order chi connectivity index (χ0) is 16.8. The van der Waals surface area contributed by atoms with Gasteiger partial charge in [-0.2, -0.15) is 0 Å². The van der Waals surface area contributed by atoms with Crippen LogP contribution in [0.4, 0.5) is 17.1 Å². The van der Waals surface area contributed by atoms with Gasteiger partial charge in [-0.25, -0.2) is 0 Å². The molecule has 0 saturated heterocycles. The summed E-state index contributed by atoms with van der Waals surface area (Å²) in [4.78, 5) is 2.24. The molecule has 0 fully saturated rings. The SMILES string of the molecule is C/C=C/c1ccc(N(c2ccccc2)c2ccc(OC)cc2)cc1. The Bertz CT molecular complexity index is 790. The van der Waals surface area contributed by atoms with E-state index in [2.05, 4.69) is 71.6 Å². The smallest absolute Gasteiger partial charge is 0.119 e. The molecule has 0 unspecified atom stereocenters. The molecule has 120 valence electrons. The van der Waals surface area contributed by atoms with Crippen molar-refractivity contribution in [2.75, 3.05) is 12.0 Å². The topological polar surface area (TPSA) is 12.5 Å². The van der Waals surface area contributed by atoms with Crippen LogP contribution in [-0.4, -0.2) is 7.11 Å². The van der Waals surface area contributed by atoms with Gasteiger partial charge in [-0.3, -0.25) is 0 Å². The molecule has 0 aliphatic rings. The highest BCUT2D eigenvalue weighted by atomic mass is 16.5. The van der Waals surface area contributed by atoms with Crippen LogP contribution in [-0.2, 0) is 0 Å². The summed E-state index contributed by atoms with van der Waals surface area (Å²) >= 11 is 0. The molecule has 0 heterocycles. The summed E-state index contributed by atoms with van der Waals surface area (Å²) in [5.74, 6) is 0.857. The second-order valence-corrected chi connectivity index (χ2v) is 5.46. The number of hydrogen-bond acceptors (Lipinski definition) is 2. The monoisotopic (exact) mass is 315 g/mol. The minimum Gasteiger partial charge on any atom is -0.497 e. The number of ether oxygens (including phenoxy) is 1. The molecule has 0 saturated carbocycles. The van der Waals surface area contributed by atoms with Crippen LogP contribution in [0.5, 0.6) is 5.75 Å². The van der Waals surface area contributed by atoms with Gasteiger partial charge in [0.2, 0.25) is 0 Å². The van der Waals surface area contributed by atoms with E-state index in [4.69, 9.17) is 4.74 Å². The summed E-state index contributed by atoms with van der Waals surface area (Å²) in [5, 5.41) is 0. The van der Waals surface area contributed by atoms with Gasteiger partial charge in [-0.1, -0.05) is 42.5 Å². The largest absolute Gasteiger partial charge is 0.497 e. The van der Waals surface area contributed by atoms with Crippen molar-refractivity contribution in [3.8, 4) is 5.75 Å².